The minimum Gasteiger partial charge on any atom is -0.0735 e. The van der Waals surface area contributed by atoms with E-state index in [1.807, 2.05) is 0 Å². The second kappa shape index (κ2) is 4.81. The maximum absolute atomic E-state index is 2.43. The van der Waals surface area contributed by atoms with Crippen LogP contribution < -0.4 is 0 Å². The van der Waals surface area contributed by atoms with Gasteiger partial charge >= 0.3 is 0 Å². The summed E-state index contributed by atoms with van der Waals surface area (Å²) in [6.45, 7) is 2.30. The molecule has 1 aliphatic carbocycles. The maximum Gasteiger partial charge on any atom is -0.000168 e. The minimum atomic E-state index is 0.513. The molecule has 0 aromatic heterocycles. The predicted molar refractivity (Wildman–Crippen MR) is 77.6 cm³/mol. The number of rotatable bonds is 1. The zero-order valence-electron chi connectivity index (χ0n) is 10.8. The van der Waals surface area contributed by atoms with Crippen molar-refractivity contribution in [2.45, 2.75) is 25.7 Å². The van der Waals surface area contributed by atoms with Crippen LogP contribution >= 0.6 is 0 Å². The van der Waals surface area contributed by atoms with Crippen LogP contribution in [0.2, 0.25) is 0 Å². The Balaban J connectivity index is 1.99. The van der Waals surface area contributed by atoms with Gasteiger partial charge in [0.2, 0.25) is 0 Å². The van der Waals surface area contributed by atoms with Gasteiger partial charge in [-0.2, -0.15) is 0 Å². The molecule has 2 aromatic carbocycles. The predicted octanol–water partition coefficient (Wildman–Crippen LogP) is 4.82. The van der Waals surface area contributed by atoms with Crippen LogP contribution in [0, 0.1) is 0 Å². The maximum atomic E-state index is 2.43. The second-order valence-electron chi connectivity index (χ2n) is 5.05. The normalized spacial score (nSPS) is 18.7. The van der Waals surface area contributed by atoms with E-state index >= 15 is 0 Å². The van der Waals surface area contributed by atoms with Gasteiger partial charge in [0.1, 0.15) is 0 Å². The van der Waals surface area contributed by atoms with E-state index in [1.54, 1.807) is 0 Å². The number of allylic oxidation sites excluding steroid dienone is 2. The third-order valence-corrected chi connectivity index (χ3v) is 3.81. The molecule has 0 nitrogen and oxygen atoms in total. The van der Waals surface area contributed by atoms with E-state index in [2.05, 4.69) is 67.6 Å². The minimum absolute atomic E-state index is 0.513. The average molecular weight is 234 g/mol. The molecule has 0 amide bonds. The highest BCUT2D eigenvalue weighted by Gasteiger charge is 2.14. The van der Waals surface area contributed by atoms with Crippen LogP contribution in [0.4, 0.5) is 0 Å². The lowest BCUT2D eigenvalue weighted by Crippen LogP contribution is -1.93. The molecule has 0 spiro atoms. The van der Waals surface area contributed by atoms with E-state index in [0.29, 0.717) is 5.92 Å². The molecule has 0 radical (unpaired) electrons. The number of benzene rings is 2. The highest BCUT2D eigenvalue weighted by atomic mass is 14.2. The lowest BCUT2D eigenvalue weighted by atomic mass is 9.95. The van der Waals surface area contributed by atoms with Gasteiger partial charge in [0.15, 0.2) is 0 Å². The molecule has 0 saturated heterocycles. The Morgan fingerprint density at radius 3 is 2.39 bits per heavy atom. The summed E-state index contributed by atoms with van der Waals surface area (Å²) in [4.78, 5) is 0. The highest BCUT2D eigenvalue weighted by Crippen LogP contribution is 2.32. The van der Waals surface area contributed by atoms with Crippen molar-refractivity contribution in [1.29, 1.82) is 0 Å². The van der Waals surface area contributed by atoms with Gasteiger partial charge in [0.05, 0.1) is 0 Å². The van der Waals surface area contributed by atoms with Crippen molar-refractivity contribution >= 4 is 5.57 Å². The van der Waals surface area contributed by atoms with Gasteiger partial charge in [0.25, 0.3) is 0 Å². The molecule has 0 heterocycles. The average Bonchev–Trinajstić information content (AvgIpc) is 2.60. The van der Waals surface area contributed by atoms with Crippen LogP contribution in [0.5, 0.6) is 0 Å². The molecular formula is C18H18. The molecule has 18 heavy (non-hydrogen) atoms. The van der Waals surface area contributed by atoms with E-state index < -0.39 is 0 Å². The van der Waals surface area contributed by atoms with E-state index in [-0.39, 0.29) is 0 Å². The highest BCUT2D eigenvalue weighted by molar-refractivity contribution is 5.68. The first-order chi connectivity index (χ1) is 8.84. The van der Waals surface area contributed by atoms with Crippen LogP contribution in [-0.2, 0) is 6.42 Å². The Morgan fingerprint density at radius 1 is 0.833 bits per heavy atom. The lowest BCUT2D eigenvalue weighted by Gasteiger charge is -2.09. The largest absolute Gasteiger partial charge is 0.0735 e. The molecule has 0 saturated carbocycles. The number of fused-ring (bicyclic) bond motifs is 1. The summed E-state index contributed by atoms with van der Waals surface area (Å²) in [5.74, 6) is 0.513. The molecule has 0 N–H and O–H groups in total. The molecule has 2 aromatic rings. The van der Waals surface area contributed by atoms with Crippen molar-refractivity contribution in [2.75, 3.05) is 0 Å². The van der Waals surface area contributed by atoms with Crippen molar-refractivity contribution in [3.05, 3.63) is 77.4 Å². The smallest absolute Gasteiger partial charge is 0.000168 e. The number of hydrogen-bond acceptors (Lipinski definition) is 0. The van der Waals surface area contributed by atoms with Gasteiger partial charge < -0.3 is 0 Å². The lowest BCUT2D eigenvalue weighted by molar-refractivity contribution is 0.943. The fraction of sp³-hybridized carbons (Fsp3) is 0.222. The zero-order valence-corrected chi connectivity index (χ0v) is 10.8. The Kier molecular flexibility index (Phi) is 3.02. The first-order valence-corrected chi connectivity index (χ1v) is 6.68. The Bertz CT molecular complexity index is 564. The molecular weight excluding hydrogens is 216 g/mol. The van der Waals surface area contributed by atoms with Crippen molar-refractivity contribution in [1.82, 2.24) is 0 Å². The fourth-order valence-electron chi connectivity index (χ4n) is 2.84. The molecule has 0 heteroatoms. The van der Waals surface area contributed by atoms with Crippen LogP contribution in [0.1, 0.15) is 36.0 Å². The van der Waals surface area contributed by atoms with Gasteiger partial charge in [-0.05, 0) is 41.0 Å². The third-order valence-electron chi connectivity index (χ3n) is 3.81. The van der Waals surface area contributed by atoms with Gasteiger partial charge in [-0.25, -0.2) is 0 Å². The molecule has 1 aliphatic rings. The summed E-state index contributed by atoms with van der Waals surface area (Å²) in [6, 6.07) is 19.6. The standard InChI is InChI=1S/C18H18/c1-14-13-17(15-7-3-2-4-8-15)12-11-16-9-5-6-10-18(14)16/h2-10,13-14H,11-12H2,1H3. The second-order valence-corrected chi connectivity index (χ2v) is 5.05. The summed E-state index contributed by atoms with van der Waals surface area (Å²) in [5, 5.41) is 0. The van der Waals surface area contributed by atoms with Crippen molar-refractivity contribution in [3.8, 4) is 0 Å². The van der Waals surface area contributed by atoms with E-state index in [0.717, 1.165) is 12.8 Å². The molecule has 3 rings (SSSR count). The summed E-state index contributed by atoms with van der Waals surface area (Å²) in [7, 11) is 0. The Labute approximate surface area is 109 Å². The molecule has 0 bridgehead atoms. The summed E-state index contributed by atoms with van der Waals surface area (Å²) in [6.07, 6.45) is 4.73. The molecule has 1 atom stereocenters. The molecule has 0 fully saturated rings. The van der Waals surface area contributed by atoms with Crippen LogP contribution in [0.25, 0.3) is 5.57 Å². The van der Waals surface area contributed by atoms with Crippen molar-refractivity contribution < 1.29 is 0 Å². The Hall–Kier alpha value is -1.82. The Morgan fingerprint density at radius 2 is 1.56 bits per heavy atom. The van der Waals surface area contributed by atoms with Gasteiger partial charge in [-0.3, -0.25) is 0 Å². The third kappa shape index (κ3) is 2.11. The number of aryl methyl sites for hydroxylation is 1. The van der Waals surface area contributed by atoms with Gasteiger partial charge in [-0.15, -0.1) is 0 Å². The quantitative estimate of drug-likeness (QED) is 0.663. The van der Waals surface area contributed by atoms with Crippen LogP contribution in [0.3, 0.4) is 0 Å². The fourth-order valence-corrected chi connectivity index (χ4v) is 2.84. The molecule has 1 unspecified atom stereocenters. The van der Waals surface area contributed by atoms with Gasteiger partial charge in [0, 0.05) is 0 Å². The van der Waals surface area contributed by atoms with Gasteiger partial charge in [-0.1, -0.05) is 67.6 Å². The summed E-state index contributed by atoms with van der Waals surface area (Å²) < 4.78 is 0. The van der Waals surface area contributed by atoms with E-state index in [9.17, 15) is 0 Å². The molecule has 90 valence electrons. The molecule has 0 aliphatic heterocycles. The van der Waals surface area contributed by atoms with Crippen molar-refractivity contribution in [2.24, 2.45) is 0 Å². The van der Waals surface area contributed by atoms with Crippen LogP contribution in [0.15, 0.2) is 60.7 Å². The number of hydrogen-bond donors (Lipinski definition) is 0. The SMILES string of the molecule is CC1C=C(c2ccccc2)CCc2ccccc21. The van der Waals surface area contributed by atoms with E-state index in [1.165, 1.54) is 22.3 Å². The van der Waals surface area contributed by atoms with E-state index in [4.69, 9.17) is 0 Å². The van der Waals surface area contributed by atoms with Crippen LogP contribution in [-0.4, -0.2) is 0 Å². The monoisotopic (exact) mass is 234 g/mol. The summed E-state index contributed by atoms with van der Waals surface area (Å²) in [5.41, 5.74) is 5.85. The van der Waals surface area contributed by atoms with Crippen molar-refractivity contribution in [3.63, 3.8) is 0 Å². The summed E-state index contributed by atoms with van der Waals surface area (Å²) >= 11 is 0. The first kappa shape index (κ1) is 11.3. The zero-order chi connectivity index (χ0) is 12.4. The topological polar surface area (TPSA) is 0 Å². The first-order valence-electron chi connectivity index (χ1n) is 6.68.